The summed E-state index contributed by atoms with van der Waals surface area (Å²) >= 11 is 0. The zero-order valence-electron chi connectivity index (χ0n) is 18.2. The molecule has 1 N–H and O–H groups in total. The van der Waals surface area contributed by atoms with Crippen LogP contribution in [0, 0.1) is 5.82 Å². The molecule has 0 saturated carbocycles. The second-order valence-corrected chi connectivity index (χ2v) is 8.16. The largest absolute Gasteiger partial charge is 0.346 e. The molecule has 0 bridgehead atoms. The van der Waals surface area contributed by atoms with E-state index in [2.05, 4.69) is 42.0 Å². The molecule has 1 heterocycles. The van der Waals surface area contributed by atoms with Crippen LogP contribution in [0.3, 0.4) is 0 Å². The fourth-order valence-electron chi connectivity index (χ4n) is 4.35. The minimum Gasteiger partial charge on any atom is -0.346 e. The van der Waals surface area contributed by atoms with Crippen LogP contribution in [-0.2, 0) is 7.05 Å². The quantitative estimate of drug-likeness (QED) is 0.482. The predicted molar refractivity (Wildman–Crippen MR) is 126 cm³/mol. The average Bonchev–Trinajstić information content (AvgIpc) is 3.09. The van der Waals surface area contributed by atoms with Crippen LogP contribution in [0.1, 0.15) is 54.2 Å². The first-order chi connectivity index (χ1) is 15.0. The molecule has 1 aromatic heterocycles. The number of amides is 1. The third-order valence-electron chi connectivity index (χ3n) is 5.65. The third-order valence-corrected chi connectivity index (χ3v) is 5.65. The Hall–Kier alpha value is -3.40. The molecule has 2 aromatic carbocycles. The van der Waals surface area contributed by atoms with E-state index in [1.54, 1.807) is 12.1 Å². The van der Waals surface area contributed by atoms with Gasteiger partial charge in [0.15, 0.2) is 0 Å². The number of benzene rings is 2. The van der Waals surface area contributed by atoms with Crippen molar-refractivity contribution in [3.05, 3.63) is 95.5 Å². The summed E-state index contributed by atoms with van der Waals surface area (Å²) in [6, 6.07) is 16.0. The second-order valence-electron chi connectivity index (χ2n) is 8.16. The number of anilines is 1. The van der Waals surface area contributed by atoms with E-state index in [9.17, 15) is 9.18 Å². The first kappa shape index (κ1) is 20.9. The Bertz CT molecular complexity index is 1150. The lowest BCUT2D eigenvalue weighted by atomic mass is 9.91. The summed E-state index contributed by atoms with van der Waals surface area (Å²) in [4.78, 5) is 13.6. The highest BCUT2D eigenvalue weighted by atomic mass is 19.1. The number of hydrogen-bond donors (Lipinski definition) is 1. The van der Waals surface area contributed by atoms with Crippen LogP contribution >= 0.6 is 0 Å². The van der Waals surface area contributed by atoms with Crippen LogP contribution < -0.4 is 5.32 Å². The number of para-hydroxylation sites is 1. The molecular formula is C27H27FN2O. The number of aromatic nitrogens is 1. The molecule has 4 heteroatoms. The highest BCUT2D eigenvalue weighted by molar-refractivity contribution is 6.11. The van der Waals surface area contributed by atoms with Gasteiger partial charge >= 0.3 is 0 Å². The van der Waals surface area contributed by atoms with Crippen molar-refractivity contribution in [2.45, 2.75) is 32.6 Å². The first-order valence-electron chi connectivity index (χ1n) is 10.7. The van der Waals surface area contributed by atoms with Crippen molar-refractivity contribution in [3.8, 4) is 11.3 Å². The van der Waals surface area contributed by atoms with Crippen molar-refractivity contribution in [2.24, 2.45) is 7.05 Å². The first-order valence-corrected chi connectivity index (χ1v) is 10.7. The van der Waals surface area contributed by atoms with Gasteiger partial charge in [0.2, 0.25) is 0 Å². The van der Waals surface area contributed by atoms with Gasteiger partial charge < -0.3 is 9.88 Å². The number of hydrogen-bond acceptors (Lipinski definition) is 1. The molecule has 0 spiro atoms. The molecule has 4 rings (SSSR count). The molecule has 0 fully saturated rings. The third kappa shape index (κ3) is 4.11. The van der Waals surface area contributed by atoms with Gasteiger partial charge in [-0.05, 0) is 66.3 Å². The van der Waals surface area contributed by atoms with Crippen molar-refractivity contribution in [1.29, 1.82) is 0 Å². The van der Waals surface area contributed by atoms with Gasteiger partial charge in [0, 0.05) is 24.0 Å². The SMILES string of the molecule is CC(C)c1c(C(=O)Nc2ccccc2)c(C2=CCCC=C2)c(-c2ccc(F)cc2)n1C. The van der Waals surface area contributed by atoms with Gasteiger partial charge in [-0.1, -0.05) is 50.3 Å². The summed E-state index contributed by atoms with van der Waals surface area (Å²) in [6.45, 7) is 4.19. The van der Waals surface area contributed by atoms with Gasteiger partial charge in [-0.15, -0.1) is 0 Å². The minimum absolute atomic E-state index is 0.127. The van der Waals surface area contributed by atoms with E-state index in [1.807, 2.05) is 37.4 Å². The van der Waals surface area contributed by atoms with Crippen LogP contribution in [0.4, 0.5) is 10.1 Å². The molecule has 0 aliphatic heterocycles. The molecule has 3 aromatic rings. The van der Waals surface area contributed by atoms with E-state index in [-0.39, 0.29) is 17.6 Å². The van der Waals surface area contributed by atoms with Gasteiger partial charge in [0.1, 0.15) is 5.82 Å². The van der Waals surface area contributed by atoms with E-state index < -0.39 is 0 Å². The maximum absolute atomic E-state index is 13.6. The monoisotopic (exact) mass is 414 g/mol. The lowest BCUT2D eigenvalue weighted by molar-refractivity contribution is 0.102. The van der Waals surface area contributed by atoms with E-state index in [1.165, 1.54) is 12.1 Å². The number of nitrogens with one attached hydrogen (secondary N) is 1. The smallest absolute Gasteiger partial charge is 0.258 e. The van der Waals surface area contributed by atoms with E-state index >= 15 is 0 Å². The predicted octanol–water partition coefficient (Wildman–Crippen LogP) is 6.94. The molecule has 158 valence electrons. The highest BCUT2D eigenvalue weighted by Gasteiger charge is 2.29. The lowest BCUT2D eigenvalue weighted by Gasteiger charge is -2.14. The van der Waals surface area contributed by atoms with Gasteiger partial charge in [-0.2, -0.15) is 0 Å². The molecule has 0 unspecified atom stereocenters. The summed E-state index contributed by atoms with van der Waals surface area (Å²) < 4.78 is 15.7. The molecule has 1 aliphatic carbocycles. The molecule has 31 heavy (non-hydrogen) atoms. The fourth-order valence-corrected chi connectivity index (χ4v) is 4.35. The topological polar surface area (TPSA) is 34.0 Å². The van der Waals surface area contributed by atoms with E-state index in [0.29, 0.717) is 5.56 Å². The number of carbonyl (C=O) groups is 1. The van der Waals surface area contributed by atoms with Crippen molar-refractivity contribution in [1.82, 2.24) is 4.57 Å². The van der Waals surface area contributed by atoms with Crippen LogP contribution in [0.2, 0.25) is 0 Å². The molecule has 0 saturated heterocycles. The van der Waals surface area contributed by atoms with Crippen molar-refractivity contribution in [2.75, 3.05) is 5.32 Å². The molecule has 1 amide bonds. The Kier molecular flexibility index (Phi) is 5.90. The number of allylic oxidation sites excluding steroid dienone is 4. The second kappa shape index (κ2) is 8.76. The van der Waals surface area contributed by atoms with Gasteiger partial charge in [0.05, 0.1) is 11.3 Å². The number of rotatable bonds is 5. The standard InChI is InChI=1S/C27H27FN2O/c1-18(2)25-24(27(31)29-22-12-8-5-9-13-22)23(19-10-6-4-7-11-19)26(30(25)3)20-14-16-21(28)17-15-20/h5-6,8-18H,4,7H2,1-3H3,(H,29,31). The average molecular weight is 415 g/mol. The summed E-state index contributed by atoms with van der Waals surface area (Å²) in [6.07, 6.45) is 8.34. The minimum atomic E-state index is -0.276. The maximum atomic E-state index is 13.6. The number of carbonyl (C=O) groups excluding carboxylic acids is 1. The highest BCUT2D eigenvalue weighted by Crippen LogP contribution is 2.40. The van der Waals surface area contributed by atoms with Gasteiger partial charge in [-0.3, -0.25) is 4.79 Å². The molecule has 1 aliphatic rings. The van der Waals surface area contributed by atoms with Crippen molar-refractivity contribution in [3.63, 3.8) is 0 Å². The van der Waals surface area contributed by atoms with Crippen molar-refractivity contribution < 1.29 is 9.18 Å². The van der Waals surface area contributed by atoms with Crippen LogP contribution in [0.25, 0.3) is 16.8 Å². The Balaban J connectivity index is 1.96. The van der Waals surface area contributed by atoms with E-state index in [4.69, 9.17) is 0 Å². The number of nitrogens with zero attached hydrogens (tertiary/aromatic N) is 1. The van der Waals surface area contributed by atoms with Gasteiger partial charge in [0.25, 0.3) is 5.91 Å². The molecule has 0 radical (unpaired) electrons. The molecular weight excluding hydrogens is 387 g/mol. The Labute approximate surface area is 182 Å². The fraction of sp³-hybridized carbons (Fsp3) is 0.222. The lowest BCUT2D eigenvalue weighted by Crippen LogP contribution is -2.16. The summed E-state index contributed by atoms with van der Waals surface area (Å²) in [5.41, 5.74) is 6.15. The maximum Gasteiger partial charge on any atom is 0.258 e. The van der Waals surface area contributed by atoms with Crippen LogP contribution in [0.5, 0.6) is 0 Å². The van der Waals surface area contributed by atoms with Crippen molar-refractivity contribution >= 4 is 17.2 Å². The van der Waals surface area contributed by atoms with E-state index in [0.717, 1.165) is 46.6 Å². The summed E-state index contributed by atoms with van der Waals surface area (Å²) in [5.74, 6) is -0.279. The zero-order chi connectivity index (χ0) is 22.0. The molecule has 3 nitrogen and oxygen atoms in total. The van der Waals surface area contributed by atoms with Crippen LogP contribution in [-0.4, -0.2) is 10.5 Å². The van der Waals surface area contributed by atoms with Crippen LogP contribution in [0.15, 0.2) is 72.8 Å². The normalized spacial score (nSPS) is 13.4. The number of halogens is 1. The summed E-state index contributed by atoms with van der Waals surface area (Å²) in [7, 11) is 1.99. The Morgan fingerprint density at radius 2 is 1.74 bits per heavy atom. The zero-order valence-corrected chi connectivity index (χ0v) is 18.2. The Morgan fingerprint density at radius 3 is 2.35 bits per heavy atom. The Morgan fingerprint density at radius 1 is 1.03 bits per heavy atom. The van der Waals surface area contributed by atoms with Gasteiger partial charge in [-0.25, -0.2) is 4.39 Å². The molecule has 0 atom stereocenters. The summed E-state index contributed by atoms with van der Waals surface area (Å²) in [5, 5.41) is 3.07.